The van der Waals surface area contributed by atoms with Crippen LogP contribution >= 0.6 is 0 Å². The molecule has 0 saturated heterocycles. The van der Waals surface area contributed by atoms with Gasteiger partial charge in [0.2, 0.25) is 0 Å². The van der Waals surface area contributed by atoms with Crippen molar-refractivity contribution >= 4 is 28.8 Å². The largest absolute Gasteiger partial charge is 0.497 e. The molecule has 5 aromatic carbocycles. The molecule has 0 saturated carbocycles. The molecule has 0 fully saturated rings. The first kappa shape index (κ1) is 33.9. The van der Waals surface area contributed by atoms with E-state index in [1.54, 1.807) is 21.1 Å². The number of ether oxygens (including phenoxy) is 6. The molecular formula is C43H40O8. The fourth-order valence-corrected chi connectivity index (χ4v) is 7.33. The molecule has 1 heterocycles. The molecule has 260 valence electrons. The monoisotopic (exact) mass is 684 g/mol. The molecule has 2 aliphatic rings. The Kier molecular flexibility index (Phi) is 9.27. The average Bonchev–Trinajstić information content (AvgIpc) is 3.44. The van der Waals surface area contributed by atoms with Crippen LogP contribution in [-0.2, 0) is 35.0 Å². The zero-order valence-electron chi connectivity index (χ0n) is 29.2. The average molecular weight is 685 g/mol. The summed E-state index contributed by atoms with van der Waals surface area (Å²) in [5.74, 6) is 1.35. The highest BCUT2D eigenvalue weighted by Gasteiger charge is 2.47. The summed E-state index contributed by atoms with van der Waals surface area (Å²) in [4.78, 5) is 24.1. The summed E-state index contributed by atoms with van der Waals surface area (Å²) in [6.45, 7) is 4.25. The van der Waals surface area contributed by atoms with Gasteiger partial charge in [0.25, 0.3) is 0 Å². The zero-order chi connectivity index (χ0) is 35.6. The van der Waals surface area contributed by atoms with Gasteiger partial charge in [-0.2, -0.15) is 0 Å². The standard InChI is InChI=1S/C43H40O8/c1-5-48-37(44)22-23-38(45)49-26-27-50-42(2)36-13-9-8-12-34(36)39-32-10-6-7-11-33(32)41-35(40(39)42)24-25-43(51-41,28-14-18-30(46-3)19-15-28)29-16-20-31(47-4)21-17-29/h6-21,24-25H,5,22-23,26-27H2,1-4H3. The molecule has 0 aromatic heterocycles. The minimum Gasteiger partial charge on any atom is -0.497 e. The Labute approximate surface area is 297 Å². The van der Waals surface area contributed by atoms with Crippen molar-refractivity contribution in [2.45, 2.75) is 37.9 Å². The van der Waals surface area contributed by atoms with Gasteiger partial charge in [-0.25, -0.2) is 0 Å². The van der Waals surface area contributed by atoms with E-state index in [0.29, 0.717) is 0 Å². The van der Waals surface area contributed by atoms with Crippen LogP contribution in [0.15, 0.2) is 103 Å². The molecule has 5 aromatic rings. The van der Waals surface area contributed by atoms with Gasteiger partial charge in [-0.05, 0) is 66.3 Å². The minimum atomic E-state index is -0.969. The van der Waals surface area contributed by atoms with Crippen LogP contribution in [0, 0.1) is 0 Å². The number of esters is 2. The van der Waals surface area contributed by atoms with Crippen LogP contribution in [0.2, 0.25) is 0 Å². The van der Waals surface area contributed by atoms with Crippen LogP contribution in [0.4, 0.5) is 0 Å². The first-order valence-electron chi connectivity index (χ1n) is 17.1. The lowest BCUT2D eigenvalue weighted by atomic mass is 9.80. The van der Waals surface area contributed by atoms with Crippen molar-refractivity contribution in [3.8, 4) is 28.4 Å². The summed E-state index contributed by atoms with van der Waals surface area (Å²) in [6.07, 6.45) is 4.20. The first-order chi connectivity index (χ1) is 24.8. The molecule has 1 aliphatic heterocycles. The number of methoxy groups -OCH3 is 2. The molecule has 1 unspecified atom stereocenters. The number of rotatable bonds is 12. The topological polar surface area (TPSA) is 89.5 Å². The van der Waals surface area contributed by atoms with E-state index in [2.05, 4.69) is 43.3 Å². The molecule has 0 amide bonds. The lowest BCUT2D eigenvalue weighted by Gasteiger charge is -2.39. The van der Waals surface area contributed by atoms with Crippen LogP contribution in [0.5, 0.6) is 17.2 Å². The fraction of sp³-hybridized carbons (Fsp3) is 0.256. The summed E-state index contributed by atoms with van der Waals surface area (Å²) in [6, 6.07) is 32.5. The summed E-state index contributed by atoms with van der Waals surface area (Å²) in [5.41, 5.74) is 5.10. The molecule has 0 radical (unpaired) electrons. The number of fused-ring (bicyclic) bond motifs is 8. The van der Waals surface area contributed by atoms with Gasteiger partial charge < -0.3 is 28.4 Å². The van der Waals surface area contributed by atoms with Crippen LogP contribution < -0.4 is 14.2 Å². The minimum absolute atomic E-state index is 0.0217. The van der Waals surface area contributed by atoms with Crippen molar-refractivity contribution in [2.75, 3.05) is 34.0 Å². The number of benzene rings is 5. The lowest BCUT2D eigenvalue weighted by molar-refractivity contribution is -0.151. The third kappa shape index (κ3) is 5.99. The molecule has 0 bridgehead atoms. The van der Waals surface area contributed by atoms with E-state index >= 15 is 0 Å². The maximum Gasteiger partial charge on any atom is 0.306 e. The third-order valence-electron chi connectivity index (χ3n) is 9.75. The number of carbonyl (C=O) groups is 2. The van der Waals surface area contributed by atoms with E-state index in [0.717, 1.165) is 67.0 Å². The first-order valence-corrected chi connectivity index (χ1v) is 17.1. The van der Waals surface area contributed by atoms with Gasteiger partial charge in [0.1, 0.15) is 29.5 Å². The van der Waals surface area contributed by atoms with Gasteiger partial charge in [0.05, 0.1) is 40.3 Å². The second-order valence-corrected chi connectivity index (χ2v) is 12.6. The summed E-state index contributed by atoms with van der Waals surface area (Å²) in [7, 11) is 3.31. The van der Waals surface area contributed by atoms with E-state index in [-0.39, 0.29) is 32.7 Å². The van der Waals surface area contributed by atoms with Crippen molar-refractivity contribution in [3.63, 3.8) is 0 Å². The highest BCUT2D eigenvalue weighted by molar-refractivity contribution is 6.08. The molecule has 7 rings (SSSR count). The maximum absolute atomic E-state index is 12.4. The Morgan fingerprint density at radius 2 is 1.29 bits per heavy atom. The highest BCUT2D eigenvalue weighted by Crippen LogP contribution is 2.58. The van der Waals surface area contributed by atoms with Crippen molar-refractivity contribution in [1.29, 1.82) is 0 Å². The number of carbonyl (C=O) groups excluding carboxylic acids is 2. The van der Waals surface area contributed by atoms with Gasteiger partial charge >= 0.3 is 11.9 Å². The van der Waals surface area contributed by atoms with Crippen LogP contribution in [0.3, 0.4) is 0 Å². The molecule has 51 heavy (non-hydrogen) atoms. The lowest BCUT2D eigenvalue weighted by Crippen LogP contribution is -2.35. The Bertz CT molecular complexity index is 2070. The van der Waals surface area contributed by atoms with Gasteiger partial charge in [-0.1, -0.05) is 78.9 Å². The van der Waals surface area contributed by atoms with E-state index < -0.39 is 23.1 Å². The Morgan fingerprint density at radius 3 is 1.92 bits per heavy atom. The zero-order valence-corrected chi connectivity index (χ0v) is 29.2. The van der Waals surface area contributed by atoms with E-state index in [1.165, 1.54) is 0 Å². The normalized spacial score (nSPS) is 16.4. The quantitative estimate of drug-likeness (QED) is 0.0957. The summed E-state index contributed by atoms with van der Waals surface area (Å²) in [5, 5.41) is 2.03. The molecule has 0 N–H and O–H groups in total. The molecule has 8 heteroatoms. The number of hydrogen-bond acceptors (Lipinski definition) is 8. The molecular weight excluding hydrogens is 644 g/mol. The molecule has 8 nitrogen and oxygen atoms in total. The Balaban J connectivity index is 1.32. The predicted octanol–water partition coefficient (Wildman–Crippen LogP) is 8.35. The summed E-state index contributed by atoms with van der Waals surface area (Å²) >= 11 is 0. The van der Waals surface area contributed by atoms with Crippen molar-refractivity contribution in [3.05, 3.63) is 131 Å². The van der Waals surface area contributed by atoms with Crippen molar-refractivity contribution in [1.82, 2.24) is 0 Å². The van der Waals surface area contributed by atoms with E-state index in [4.69, 9.17) is 28.4 Å². The SMILES string of the molecule is CCOC(=O)CCC(=O)OCCOC1(C)c2ccccc2-c2c1c1c(c3ccccc23)OC(c2ccc(OC)cc2)(c2ccc(OC)cc2)C=C1. The molecule has 1 atom stereocenters. The predicted molar refractivity (Wildman–Crippen MR) is 195 cm³/mol. The second kappa shape index (κ2) is 14.0. The van der Waals surface area contributed by atoms with Gasteiger partial charge in [-0.3, -0.25) is 9.59 Å². The smallest absolute Gasteiger partial charge is 0.306 e. The highest BCUT2D eigenvalue weighted by atomic mass is 16.6. The van der Waals surface area contributed by atoms with Crippen LogP contribution in [0.25, 0.3) is 28.0 Å². The van der Waals surface area contributed by atoms with E-state index in [1.807, 2.05) is 72.8 Å². The Hall–Kier alpha value is -5.60. The van der Waals surface area contributed by atoms with E-state index in [9.17, 15) is 9.59 Å². The molecule has 0 spiro atoms. The molecule has 1 aliphatic carbocycles. The maximum atomic E-state index is 12.4. The third-order valence-corrected chi connectivity index (χ3v) is 9.75. The van der Waals surface area contributed by atoms with Gasteiger partial charge in [0, 0.05) is 27.6 Å². The van der Waals surface area contributed by atoms with Crippen LogP contribution in [0.1, 0.15) is 54.5 Å². The fourth-order valence-electron chi connectivity index (χ4n) is 7.33. The Morgan fingerprint density at radius 1 is 0.706 bits per heavy atom. The van der Waals surface area contributed by atoms with Crippen molar-refractivity contribution in [2.24, 2.45) is 0 Å². The van der Waals surface area contributed by atoms with Crippen LogP contribution in [-0.4, -0.2) is 46.0 Å². The number of hydrogen-bond donors (Lipinski definition) is 0. The summed E-state index contributed by atoms with van der Waals surface area (Å²) < 4.78 is 35.5. The van der Waals surface area contributed by atoms with Crippen molar-refractivity contribution < 1.29 is 38.0 Å². The van der Waals surface area contributed by atoms with Gasteiger partial charge in [0.15, 0.2) is 5.60 Å². The van der Waals surface area contributed by atoms with Gasteiger partial charge in [-0.15, -0.1) is 0 Å². The second-order valence-electron chi connectivity index (χ2n) is 12.6.